The number of amides is 2. The molecule has 0 aliphatic heterocycles. The number of rotatable bonds is 14. The van der Waals surface area contributed by atoms with Crippen molar-refractivity contribution < 1.29 is 24.2 Å². The van der Waals surface area contributed by atoms with Crippen molar-refractivity contribution in [1.82, 2.24) is 20.8 Å². The van der Waals surface area contributed by atoms with Crippen LogP contribution >= 0.6 is 0 Å². The van der Waals surface area contributed by atoms with Gasteiger partial charge in [0.1, 0.15) is 6.61 Å². The second kappa shape index (κ2) is 14.8. The molecule has 42 heavy (non-hydrogen) atoms. The lowest BCUT2D eigenvalue weighted by molar-refractivity contribution is -0.131. The molecule has 1 aliphatic carbocycles. The lowest BCUT2D eigenvalue weighted by Gasteiger charge is -2.40. The molecule has 0 saturated heterocycles. The molecule has 3 atom stereocenters. The Hall–Kier alpha value is -3.98. The molecule has 2 aromatic carbocycles. The molecule has 0 radical (unpaired) electrons. The van der Waals surface area contributed by atoms with Gasteiger partial charge >= 0.3 is 6.09 Å². The zero-order chi connectivity index (χ0) is 30.0. The van der Waals surface area contributed by atoms with E-state index < -0.39 is 24.1 Å². The molecule has 0 unspecified atom stereocenters. The Labute approximate surface area is 248 Å². The Bertz CT molecular complexity index is 1300. The minimum atomic E-state index is -1.41. The largest absolute Gasteiger partial charge is 0.475 e. The van der Waals surface area contributed by atoms with Crippen molar-refractivity contribution in [2.75, 3.05) is 13.2 Å². The zero-order valence-electron chi connectivity index (χ0n) is 24.7. The average Bonchev–Trinajstić information content (AvgIpc) is 2.99. The summed E-state index contributed by atoms with van der Waals surface area (Å²) in [6.07, 6.45) is 2.68. The molecule has 0 spiro atoms. The van der Waals surface area contributed by atoms with Gasteiger partial charge in [-0.15, -0.1) is 5.10 Å². The van der Waals surface area contributed by atoms with Gasteiger partial charge in [0.15, 0.2) is 6.10 Å². The Kier molecular flexibility index (Phi) is 10.9. The summed E-state index contributed by atoms with van der Waals surface area (Å²) in [6, 6.07) is 20.3. The standard InChI is InChI=1S/C33H42N4O5/c1-4-5-17-28(29(38)30(39)34-24(3)25-13-8-6-9-14-25)35-32(40)42-22-33(18-12-19-33)21-41-31-27(20-23(2)36-37-31)26-15-10-7-11-16-26/h6-11,13-16,20,24,28-29,38H,4-5,12,17-19,21-22H2,1-3H3,(H,34,39)(H,35,40)/t24-,28+,29+/m1/s1. The predicted molar refractivity (Wildman–Crippen MR) is 161 cm³/mol. The molecular weight excluding hydrogens is 532 g/mol. The highest BCUT2D eigenvalue weighted by Crippen LogP contribution is 2.42. The molecule has 1 aromatic heterocycles. The summed E-state index contributed by atoms with van der Waals surface area (Å²) in [5, 5.41) is 24.9. The van der Waals surface area contributed by atoms with Crippen molar-refractivity contribution in [1.29, 1.82) is 0 Å². The first-order chi connectivity index (χ1) is 20.3. The molecule has 1 fully saturated rings. The molecule has 2 amide bonds. The van der Waals surface area contributed by atoms with E-state index in [4.69, 9.17) is 9.47 Å². The van der Waals surface area contributed by atoms with E-state index in [0.29, 0.717) is 18.9 Å². The average molecular weight is 575 g/mol. The molecule has 1 saturated carbocycles. The monoisotopic (exact) mass is 574 g/mol. The van der Waals surface area contributed by atoms with Crippen molar-refractivity contribution in [3.8, 4) is 17.0 Å². The van der Waals surface area contributed by atoms with Crippen molar-refractivity contribution in [2.24, 2.45) is 5.41 Å². The number of aliphatic hydroxyl groups excluding tert-OH is 1. The van der Waals surface area contributed by atoms with Gasteiger partial charge in [0.25, 0.3) is 5.91 Å². The lowest BCUT2D eigenvalue weighted by Crippen LogP contribution is -2.51. The van der Waals surface area contributed by atoms with Gasteiger partial charge < -0.3 is 25.2 Å². The van der Waals surface area contributed by atoms with Crippen LogP contribution in [0.2, 0.25) is 0 Å². The van der Waals surface area contributed by atoms with E-state index >= 15 is 0 Å². The lowest BCUT2D eigenvalue weighted by atomic mass is 9.70. The normalized spacial score (nSPS) is 15.9. The number of aliphatic hydroxyl groups is 1. The van der Waals surface area contributed by atoms with Gasteiger partial charge in [-0.2, -0.15) is 5.10 Å². The minimum Gasteiger partial charge on any atom is -0.475 e. The van der Waals surface area contributed by atoms with Gasteiger partial charge in [0.05, 0.1) is 24.4 Å². The number of ether oxygens (including phenoxy) is 2. The maximum Gasteiger partial charge on any atom is 0.407 e. The number of unbranched alkanes of at least 4 members (excludes halogenated alkanes) is 1. The van der Waals surface area contributed by atoms with E-state index in [1.807, 2.05) is 87.5 Å². The Morgan fingerprint density at radius 2 is 1.69 bits per heavy atom. The highest BCUT2D eigenvalue weighted by molar-refractivity contribution is 5.82. The number of carbonyl (C=O) groups is 2. The molecule has 3 aromatic rings. The van der Waals surface area contributed by atoms with Gasteiger partial charge in [0, 0.05) is 11.0 Å². The van der Waals surface area contributed by atoms with E-state index in [0.717, 1.165) is 54.5 Å². The van der Waals surface area contributed by atoms with E-state index in [1.165, 1.54) is 0 Å². The Balaban J connectivity index is 1.34. The third-order valence-corrected chi connectivity index (χ3v) is 7.89. The highest BCUT2D eigenvalue weighted by Gasteiger charge is 2.40. The zero-order valence-corrected chi connectivity index (χ0v) is 24.7. The van der Waals surface area contributed by atoms with Gasteiger partial charge in [-0.3, -0.25) is 4.79 Å². The minimum absolute atomic E-state index is 0.159. The smallest absolute Gasteiger partial charge is 0.407 e. The SMILES string of the molecule is CCCC[C@H](NC(=O)OCC1(COc2nnc(C)cc2-c2ccccc2)CCC1)[C@H](O)C(=O)N[C@H](C)c1ccccc1. The van der Waals surface area contributed by atoms with Crippen LogP contribution < -0.4 is 15.4 Å². The highest BCUT2D eigenvalue weighted by atomic mass is 16.6. The van der Waals surface area contributed by atoms with E-state index in [-0.39, 0.29) is 18.1 Å². The van der Waals surface area contributed by atoms with Crippen LogP contribution in [0.25, 0.3) is 11.1 Å². The number of nitrogens with one attached hydrogen (secondary N) is 2. The molecule has 4 rings (SSSR count). The van der Waals surface area contributed by atoms with Crippen LogP contribution in [0.4, 0.5) is 4.79 Å². The number of alkyl carbamates (subject to hydrolysis) is 1. The Morgan fingerprint density at radius 1 is 1.00 bits per heavy atom. The second-order valence-electron chi connectivity index (χ2n) is 11.3. The fourth-order valence-corrected chi connectivity index (χ4v) is 5.09. The summed E-state index contributed by atoms with van der Waals surface area (Å²) in [7, 11) is 0. The first-order valence-electron chi connectivity index (χ1n) is 14.8. The second-order valence-corrected chi connectivity index (χ2v) is 11.3. The molecular formula is C33H42N4O5. The van der Waals surface area contributed by atoms with Crippen LogP contribution in [0.3, 0.4) is 0 Å². The fourth-order valence-electron chi connectivity index (χ4n) is 5.09. The number of hydrogen-bond acceptors (Lipinski definition) is 7. The van der Waals surface area contributed by atoms with Crippen LogP contribution in [0.1, 0.15) is 69.7 Å². The molecule has 1 heterocycles. The summed E-state index contributed by atoms with van der Waals surface area (Å²) in [5.74, 6) is -0.0916. The molecule has 224 valence electrons. The maximum atomic E-state index is 12.9. The number of aryl methyl sites for hydroxylation is 1. The third-order valence-electron chi connectivity index (χ3n) is 7.89. The predicted octanol–water partition coefficient (Wildman–Crippen LogP) is 5.52. The van der Waals surface area contributed by atoms with Crippen molar-refractivity contribution in [3.63, 3.8) is 0 Å². The number of nitrogens with zero attached hydrogens (tertiary/aromatic N) is 2. The molecule has 1 aliphatic rings. The number of carbonyl (C=O) groups excluding carboxylic acids is 2. The van der Waals surface area contributed by atoms with E-state index in [1.54, 1.807) is 0 Å². The van der Waals surface area contributed by atoms with Crippen molar-refractivity contribution in [3.05, 3.63) is 78.0 Å². The summed E-state index contributed by atoms with van der Waals surface area (Å²) < 4.78 is 11.8. The molecule has 0 bridgehead atoms. The third kappa shape index (κ3) is 8.28. The maximum absolute atomic E-state index is 12.9. The number of benzene rings is 2. The summed E-state index contributed by atoms with van der Waals surface area (Å²) in [4.78, 5) is 25.8. The first kappa shape index (κ1) is 31.0. The Morgan fingerprint density at radius 3 is 2.33 bits per heavy atom. The summed E-state index contributed by atoms with van der Waals surface area (Å²) in [6.45, 7) is 6.25. The van der Waals surface area contributed by atoms with Gasteiger partial charge in [0.2, 0.25) is 5.88 Å². The molecule has 9 heteroatoms. The van der Waals surface area contributed by atoms with E-state index in [2.05, 4.69) is 20.8 Å². The van der Waals surface area contributed by atoms with E-state index in [9.17, 15) is 14.7 Å². The van der Waals surface area contributed by atoms with Crippen LogP contribution in [-0.4, -0.2) is 52.7 Å². The van der Waals surface area contributed by atoms with Crippen molar-refractivity contribution in [2.45, 2.75) is 77.5 Å². The number of hydrogen-bond donors (Lipinski definition) is 3. The van der Waals surface area contributed by atoms with Crippen LogP contribution in [-0.2, 0) is 9.53 Å². The van der Waals surface area contributed by atoms with Crippen LogP contribution in [0, 0.1) is 12.3 Å². The van der Waals surface area contributed by atoms with Gasteiger partial charge in [-0.25, -0.2) is 4.79 Å². The van der Waals surface area contributed by atoms with Gasteiger partial charge in [-0.1, -0.05) is 86.8 Å². The van der Waals surface area contributed by atoms with Gasteiger partial charge in [-0.05, 0) is 50.3 Å². The summed E-state index contributed by atoms with van der Waals surface area (Å²) in [5.41, 5.74) is 3.24. The number of aromatic nitrogens is 2. The van der Waals surface area contributed by atoms with Crippen LogP contribution in [0.5, 0.6) is 5.88 Å². The topological polar surface area (TPSA) is 123 Å². The van der Waals surface area contributed by atoms with Crippen molar-refractivity contribution >= 4 is 12.0 Å². The molecule has 3 N–H and O–H groups in total. The van der Waals surface area contributed by atoms with Crippen LogP contribution in [0.15, 0.2) is 66.7 Å². The molecule has 9 nitrogen and oxygen atoms in total. The summed E-state index contributed by atoms with van der Waals surface area (Å²) >= 11 is 0. The first-order valence-corrected chi connectivity index (χ1v) is 14.8. The fraction of sp³-hybridized carbons (Fsp3) is 0.455. The quantitative estimate of drug-likeness (QED) is 0.232.